The molecule has 0 spiro atoms. The second kappa shape index (κ2) is 8.31. The van der Waals surface area contributed by atoms with Crippen LogP contribution in [0.3, 0.4) is 0 Å². The van der Waals surface area contributed by atoms with E-state index in [1.165, 1.54) is 5.56 Å². The zero-order chi connectivity index (χ0) is 17.6. The Kier molecular flexibility index (Phi) is 7.03. The molecule has 5 heteroatoms. The first-order valence-corrected chi connectivity index (χ1v) is 8.10. The average molecular weight is 322 g/mol. The number of nitrogens with one attached hydrogen (secondary N) is 1. The third-order valence-corrected chi connectivity index (χ3v) is 3.50. The molecule has 2 unspecified atom stereocenters. The number of amides is 1. The molecule has 1 aromatic carbocycles. The molecule has 0 aliphatic carbocycles. The maximum Gasteiger partial charge on any atom is 0.407 e. The Bertz CT molecular complexity index is 492. The van der Waals surface area contributed by atoms with Gasteiger partial charge >= 0.3 is 6.09 Å². The Morgan fingerprint density at radius 2 is 1.74 bits per heavy atom. The molecule has 0 radical (unpaired) electrons. The fourth-order valence-electron chi connectivity index (χ4n) is 2.14. The zero-order valence-electron chi connectivity index (χ0n) is 14.8. The van der Waals surface area contributed by atoms with Crippen molar-refractivity contribution >= 4 is 6.09 Å². The largest absolute Gasteiger partial charge is 0.444 e. The lowest BCUT2D eigenvalue weighted by Crippen LogP contribution is -2.37. The highest BCUT2D eigenvalue weighted by Gasteiger charge is 2.19. The second-order valence-corrected chi connectivity index (χ2v) is 7.15. The Labute approximate surface area is 139 Å². The molecule has 0 aromatic heterocycles. The summed E-state index contributed by atoms with van der Waals surface area (Å²) in [4.78, 5) is 11.5. The van der Waals surface area contributed by atoms with Crippen molar-refractivity contribution in [2.24, 2.45) is 5.73 Å². The summed E-state index contributed by atoms with van der Waals surface area (Å²) in [7, 11) is 0. The molecule has 0 saturated carbocycles. The number of ether oxygens (including phenoxy) is 1. The highest BCUT2D eigenvalue weighted by Crippen LogP contribution is 2.21. The number of alkyl carbamates (subject to hydrolysis) is 1. The fourth-order valence-corrected chi connectivity index (χ4v) is 2.14. The van der Waals surface area contributed by atoms with Crippen LogP contribution in [-0.2, 0) is 4.74 Å². The van der Waals surface area contributed by atoms with E-state index in [0.717, 1.165) is 5.56 Å². The molecule has 23 heavy (non-hydrogen) atoms. The van der Waals surface area contributed by atoms with Crippen molar-refractivity contribution in [1.82, 2.24) is 5.32 Å². The van der Waals surface area contributed by atoms with Crippen molar-refractivity contribution in [2.45, 2.75) is 64.7 Å². The van der Waals surface area contributed by atoms with E-state index in [9.17, 15) is 9.90 Å². The van der Waals surface area contributed by atoms with Crippen LogP contribution in [-0.4, -0.2) is 29.4 Å². The molecule has 0 aliphatic rings. The predicted molar refractivity (Wildman–Crippen MR) is 92.3 cm³/mol. The summed E-state index contributed by atoms with van der Waals surface area (Å²) in [6, 6.07) is 7.38. The molecule has 4 N–H and O–H groups in total. The summed E-state index contributed by atoms with van der Waals surface area (Å²) < 4.78 is 5.15. The molecule has 2 atom stereocenters. The minimum absolute atomic E-state index is 0.358. The molecule has 130 valence electrons. The number of aliphatic hydroxyl groups excluding tert-OH is 1. The lowest BCUT2D eigenvalue weighted by atomic mass is 9.96. The van der Waals surface area contributed by atoms with Gasteiger partial charge in [0.25, 0.3) is 0 Å². The van der Waals surface area contributed by atoms with Crippen LogP contribution in [0.25, 0.3) is 0 Å². The van der Waals surface area contributed by atoms with Gasteiger partial charge in [0, 0.05) is 12.6 Å². The lowest BCUT2D eigenvalue weighted by Gasteiger charge is -2.22. The van der Waals surface area contributed by atoms with Gasteiger partial charge in [-0.1, -0.05) is 38.1 Å². The quantitative estimate of drug-likeness (QED) is 0.751. The summed E-state index contributed by atoms with van der Waals surface area (Å²) in [6.45, 7) is 10.0. The van der Waals surface area contributed by atoms with Crippen LogP contribution in [0, 0.1) is 0 Å². The number of carbonyl (C=O) groups is 1. The first-order chi connectivity index (χ1) is 10.6. The number of aliphatic hydroxyl groups is 1. The van der Waals surface area contributed by atoms with E-state index in [2.05, 4.69) is 19.2 Å². The van der Waals surface area contributed by atoms with Gasteiger partial charge in [0.1, 0.15) is 5.60 Å². The van der Waals surface area contributed by atoms with Gasteiger partial charge in [0.05, 0.1) is 6.10 Å². The van der Waals surface area contributed by atoms with Crippen LogP contribution >= 0.6 is 0 Å². The molecule has 1 rings (SSSR count). The van der Waals surface area contributed by atoms with Crippen LogP contribution in [0.15, 0.2) is 24.3 Å². The Morgan fingerprint density at radius 1 is 1.22 bits per heavy atom. The van der Waals surface area contributed by atoms with Crippen LogP contribution in [0.2, 0.25) is 0 Å². The van der Waals surface area contributed by atoms with Crippen molar-refractivity contribution in [3.8, 4) is 0 Å². The smallest absolute Gasteiger partial charge is 0.407 e. The summed E-state index contributed by atoms with van der Waals surface area (Å²) in [6.07, 6.45) is -0.760. The molecule has 1 amide bonds. The van der Waals surface area contributed by atoms with Crippen LogP contribution < -0.4 is 11.1 Å². The van der Waals surface area contributed by atoms with Crippen molar-refractivity contribution in [2.75, 3.05) is 6.54 Å². The molecule has 0 fully saturated rings. The minimum Gasteiger partial charge on any atom is -0.444 e. The van der Waals surface area contributed by atoms with Gasteiger partial charge in [-0.25, -0.2) is 4.79 Å². The normalized spacial score (nSPS) is 14.4. The Hall–Kier alpha value is -1.59. The first kappa shape index (κ1) is 19.5. The number of nitrogens with two attached hydrogens (primary N) is 1. The monoisotopic (exact) mass is 322 g/mol. The second-order valence-electron chi connectivity index (χ2n) is 7.15. The van der Waals surface area contributed by atoms with E-state index in [1.54, 1.807) is 0 Å². The lowest BCUT2D eigenvalue weighted by molar-refractivity contribution is 0.0521. The summed E-state index contributed by atoms with van der Waals surface area (Å²) in [5, 5.41) is 12.9. The van der Waals surface area contributed by atoms with E-state index in [1.807, 2.05) is 45.0 Å². The number of hydrogen-bond donors (Lipinski definition) is 3. The van der Waals surface area contributed by atoms with Crippen molar-refractivity contribution in [3.63, 3.8) is 0 Å². The molecular weight excluding hydrogens is 292 g/mol. The van der Waals surface area contributed by atoms with Crippen molar-refractivity contribution in [1.29, 1.82) is 0 Å². The molecule has 0 bridgehead atoms. The highest BCUT2D eigenvalue weighted by molar-refractivity contribution is 5.67. The van der Waals surface area contributed by atoms with Crippen LogP contribution in [0.5, 0.6) is 0 Å². The zero-order valence-corrected chi connectivity index (χ0v) is 14.8. The minimum atomic E-state index is -0.753. The van der Waals surface area contributed by atoms with Crippen molar-refractivity contribution < 1.29 is 14.6 Å². The topological polar surface area (TPSA) is 84.6 Å². The van der Waals surface area contributed by atoms with E-state index < -0.39 is 23.8 Å². The predicted octanol–water partition coefficient (Wildman–Crippen LogP) is 3.09. The van der Waals surface area contributed by atoms with Gasteiger partial charge in [-0.2, -0.15) is 0 Å². The number of rotatable bonds is 6. The van der Waals surface area contributed by atoms with Gasteiger partial charge in [-0.3, -0.25) is 0 Å². The molecule has 0 aliphatic heterocycles. The van der Waals surface area contributed by atoms with Gasteiger partial charge in [-0.05, 0) is 44.2 Å². The molecular formula is C18H30N2O3. The Morgan fingerprint density at radius 3 is 2.22 bits per heavy atom. The number of hydrogen-bond acceptors (Lipinski definition) is 4. The van der Waals surface area contributed by atoms with Crippen molar-refractivity contribution in [3.05, 3.63) is 35.4 Å². The Balaban J connectivity index is 2.45. The third-order valence-electron chi connectivity index (χ3n) is 3.50. The maximum atomic E-state index is 11.5. The van der Waals surface area contributed by atoms with Gasteiger partial charge in [0.15, 0.2) is 0 Å². The van der Waals surface area contributed by atoms with Gasteiger partial charge in [0.2, 0.25) is 0 Å². The standard InChI is InChI=1S/C18H30N2O3/c1-12(2)13-6-8-14(9-7-13)16(21)15(19)10-11-20-17(22)23-18(3,4)5/h6-9,12,15-16,21H,10-11,19H2,1-5H3,(H,20,22). The molecule has 0 heterocycles. The fraction of sp³-hybridized carbons (Fsp3) is 0.611. The average Bonchev–Trinajstić information content (AvgIpc) is 2.44. The third kappa shape index (κ3) is 7.01. The summed E-state index contributed by atoms with van der Waals surface area (Å²) in [5.41, 5.74) is 7.51. The molecule has 0 saturated heterocycles. The van der Waals surface area contributed by atoms with Gasteiger partial charge in [-0.15, -0.1) is 0 Å². The highest BCUT2D eigenvalue weighted by atomic mass is 16.6. The maximum absolute atomic E-state index is 11.5. The SMILES string of the molecule is CC(C)c1ccc(C(O)C(N)CCNC(=O)OC(C)(C)C)cc1. The number of benzene rings is 1. The van der Waals surface area contributed by atoms with E-state index in [0.29, 0.717) is 18.9 Å². The summed E-state index contributed by atoms with van der Waals surface area (Å²) in [5.74, 6) is 0.452. The summed E-state index contributed by atoms with van der Waals surface area (Å²) >= 11 is 0. The number of carbonyl (C=O) groups excluding carboxylic acids is 1. The van der Waals surface area contributed by atoms with Gasteiger partial charge < -0.3 is 20.9 Å². The van der Waals surface area contributed by atoms with E-state index in [-0.39, 0.29) is 0 Å². The van der Waals surface area contributed by atoms with Crippen LogP contribution in [0.4, 0.5) is 4.79 Å². The molecule has 5 nitrogen and oxygen atoms in total. The van der Waals surface area contributed by atoms with Crippen LogP contribution in [0.1, 0.15) is 64.2 Å². The van der Waals surface area contributed by atoms with E-state index in [4.69, 9.17) is 10.5 Å². The van der Waals surface area contributed by atoms with E-state index >= 15 is 0 Å². The first-order valence-electron chi connectivity index (χ1n) is 8.10. The molecule has 1 aromatic rings.